The zero-order chi connectivity index (χ0) is 32.3. The van der Waals surface area contributed by atoms with Crippen LogP contribution in [-0.2, 0) is 24.8 Å². The number of carboxylic acids is 1. The van der Waals surface area contributed by atoms with Gasteiger partial charge in [0.05, 0.1) is 18.3 Å². The number of rotatable bonds is 11. The number of carboxylic acid groups (broad SMARTS) is 1. The Labute approximate surface area is 301 Å². The van der Waals surface area contributed by atoms with E-state index in [-0.39, 0.29) is 58.0 Å². The molecule has 14 heteroatoms. The zero-order valence-corrected chi connectivity index (χ0v) is 29.1. The minimum atomic E-state index is -1.56. The molecule has 3 heterocycles. The molecule has 47 heavy (non-hydrogen) atoms. The Hall–Kier alpha value is -3.98. The molecule has 11 nitrogen and oxygen atoms in total. The third kappa shape index (κ3) is 6.47. The van der Waals surface area contributed by atoms with Gasteiger partial charge in [-0.3, -0.25) is 14.5 Å². The van der Waals surface area contributed by atoms with E-state index in [1.807, 2.05) is 91.0 Å². The Morgan fingerprint density at radius 2 is 1.57 bits per heavy atom. The first-order valence-electron chi connectivity index (χ1n) is 14.2. The Morgan fingerprint density at radius 3 is 2.06 bits per heavy atom. The predicted octanol–water partition coefficient (Wildman–Crippen LogP) is -0.702. The van der Waals surface area contributed by atoms with Crippen LogP contribution in [0.5, 0.6) is 0 Å². The number of thiazole rings is 1. The number of carbonyl (C=O) groups is 3. The van der Waals surface area contributed by atoms with E-state index in [9.17, 15) is 24.6 Å². The molecule has 0 spiro atoms. The summed E-state index contributed by atoms with van der Waals surface area (Å²) in [5.74, 6) is -2.74. The van der Waals surface area contributed by atoms with Crippen LogP contribution in [0, 0.1) is 0 Å². The number of aromatic nitrogens is 1. The first kappa shape index (κ1) is 34.4. The summed E-state index contributed by atoms with van der Waals surface area (Å²) >= 11 is 2.51. The number of amides is 2. The Bertz CT molecular complexity index is 1720. The van der Waals surface area contributed by atoms with Crippen LogP contribution in [0.3, 0.4) is 0 Å². The summed E-state index contributed by atoms with van der Waals surface area (Å²) in [6, 6.07) is 28.9. The van der Waals surface area contributed by atoms with Crippen LogP contribution in [0.15, 0.2) is 113 Å². The second kappa shape index (κ2) is 14.8. The molecule has 0 unspecified atom stereocenters. The van der Waals surface area contributed by atoms with Crippen molar-refractivity contribution in [1.82, 2.24) is 15.2 Å². The molecule has 234 valence electrons. The topological polar surface area (TPSA) is 156 Å². The molecular formula is C33H28N5NaO6S2. The predicted molar refractivity (Wildman–Crippen MR) is 173 cm³/mol. The average Bonchev–Trinajstić information content (AvgIpc) is 3.56. The minimum absolute atomic E-state index is 0. The van der Waals surface area contributed by atoms with Gasteiger partial charge in [0.15, 0.2) is 10.8 Å². The van der Waals surface area contributed by atoms with E-state index >= 15 is 0 Å². The van der Waals surface area contributed by atoms with E-state index in [0.29, 0.717) is 5.13 Å². The maximum Gasteiger partial charge on any atom is 1.00 e. The standard InChI is InChI=1S/C33H29N5O6S2.Na/c1-44-37-25(28(40)35-26-29(41)38-27(31(42)43)20(17-39)18-45-30(26)38)24-19-46-32(34-24)36-33(21-11-5-2-6-12-21,22-13-7-3-8-14-22)23-15-9-4-10-16-23;/h2-16,19,26,30,39H,17-18H2,1H3,(H,34,36)(H,35,40)(H,42,43);/q;+1/p-1/b37-25-;/t26-,30+;/m1./s1. The van der Waals surface area contributed by atoms with Crippen LogP contribution in [-0.4, -0.2) is 69.4 Å². The molecule has 0 aliphatic carbocycles. The van der Waals surface area contributed by atoms with Gasteiger partial charge in [-0.2, -0.15) is 0 Å². The summed E-state index contributed by atoms with van der Waals surface area (Å²) in [6.07, 6.45) is 0. The molecule has 2 atom stereocenters. The molecule has 3 N–H and O–H groups in total. The molecule has 0 radical (unpaired) electrons. The van der Waals surface area contributed by atoms with Crippen molar-refractivity contribution in [3.63, 3.8) is 0 Å². The van der Waals surface area contributed by atoms with Gasteiger partial charge in [-0.25, -0.2) is 4.98 Å². The fourth-order valence-electron chi connectivity index (χ4n) is 5.68. The van der Waals surface area contributed by atoms with Gasteiger partial charge in [-0.05, 0) is 22.3 Å². The Morgan fingerprint density at radius 1 is 1.02 bits per heavy atom. The van der Waals surface area contributed by atoms with Gasteiger partial charge in [0.25, 0.3) is 11.8 Å². The number of aliphatic hydroxyl groups excluding tert-OH is 1. The monoisotopic (exact) mass is 677 g/mol. The average molecular weight is 678 g/mol. The number of carbonyl (C=O) groups excluding carboxylic acids is 3. The van der Waals surface area contributed by atoms with Crippen molar-refractivity contribution in [3.8, 4) is 0 Å². The van der Waals surface area contributed by atoms with Gasteiger partial charge < -0.3 is 30.5 Å². The minimum Gasteiger partial charge on any atom is -0.543 e. The van der Waals surface area contributed by atoms with Crippen molar-refractivity contribution in [2.24, 2.45) is 5.16 Å². The second-order valence-corrected chi connectivity index (χ2v) is 12.4. The van der Waals surface area contributed by atoms with Gasteiger partial charge in [-0.1, -0.05) is 96.2 Å². The van der Waals surface area contributed by atoms with Crippen molar-refractivity contribution in [1.29, 1.82) is 0 Å². The largest absolute Gasteiger partial charge is 1.00 e. The number of thioether (sulfide) groups is 1. The van der Waals surface area contributed by atoms with Gasteiger partial charge in [0.2, 0.25) is 0 Å². The summed E-state index contributed by atoms with van der Waals surface area (Å²) in [6.45, 7) is -0.519. The van der Waals surface area contributed by atoms with Crippen LogP contribution in [0.2, 0.25) is 0 Å². The molecule has 1 aromatic heterocycles. The Balaban J connectivity index is 0.00000433. The number of aliphatic hydroxyl groups is 1. The zero-order valence-electron chi connectivity index (χ0n) is 25.5. The number of aliphatic carboxylic acids is 1. The van der Waals surface area contributed by atoms with Crippen molar-refractivity contribution >= 4 is 51.7 Å². The van der Waals surface area contributed by atoms with Crippen molar-refractivity contribution in [2.75, 3.05) is 24.8 Å². The van der Waals surface area contributed by atoms with Gasteiger partial charge >= 0.3 is 29.6 Å². The number of hydrogen-bond donors (Lipinski definition) is 3. The fourth-order valence-corrected chi connectivity index (χ4v) is 7.77. The second-order valence-electron chi connectivity index (χ2n) is 10.4. The Kier molecular flexibility index (Phi) is 10.8. The molecule has 2 aliphatic heterocycles. The molecule has 1 saturated heterocycles. The first-order chi connectivity index (χ1) is 22.4. The number of nitrogens with zero attached hydrogens (tertiary/aromatic N) is 3. The van der Waals surface area contributed by atoms with E-state index < -0.39 is 41.3 Å². The van der Waals surface area contributed by atoms with Crippen molar-refractivity contribution in [2.45, 2.75) is 17.0 Å². The maximum atomic E-state index is 13.5. The molecule has 0 saturated carbocycles. The first-order valence-corrected chi connectivity index (χ1v) is 16.1. The van der Waals surface area contributed by atoms with E-state index in [4.69, 9.17) is 9.82 Å². The van der Waals surface area contributed by atoms with Crippen LogP contribution >= 0.6 is 23.1 Å². The third-order valence-electron chi connectivity index (χ3n) is 7.78. The SMILES string of the molecule is CO/N=C(\C(=O)N[C@@H]1C(=O)N2C(C(=O)[O-])=C(CO)CS[C@@H]12)c1csc(NC(c2ccccc2)(c2ccccc2)c2ccccc2)n1.[Na+]. The van der Waals surface area contributed by atoms with Crippen LogP contribution < -0.4 is 45.3 Å². The van der Waals surface area contributed by atoms with Crippen LogP contribution in [0.25, 0.3) is 0 Å². The number of anilines is 1. The van der Waals surface area contributed by atoms with E-state index in [2.05, 4.69) is 15.8 Å². The molecule has 3 aromatic carbocycles. The summed E-state index contributed by atoms with van der Waals surface area (Å²) in [5, 5.41) is 33.0. The van der Waals surface area contributed by atoms with Gasteiger partial charge in [0, 0.05) is 11.1 Å². The van der Waals surface area contributed by atoms with E-state index in [1.165, 1.54) is 30.2 Å². The van der Waals surface area contributed by atoms with Crippen LogP contribution in [0.1, 0.15) is 22.4 Å². The van der Waals surface area contributed by atoms with Gasteiger partial charge in [-0.15, -0.1) is 23.1 Å². The number of β-lactam (4-membered cyclic amide) rings is 1. The fraction of sp³-hybridized carbons (Fsp3) is 0.182. The molecule has 0 bridgehead atoms. The summed E-state index contributed by atoms with van der Waals surface area (Å²) < 4.78 is 0. The number of nitrogens with one attached hydrogen (secondary N) is 2. The smallest absolute Gasteiger partial charge is 0.543 e. The number of hydrogen-bond acceptors (Lipinski definition) is 11. The number of benzene rings is 3. The molecule has 4 aromatic rings. The quantitative estimate of drug-likeness (QED) is 0.0615. The van der Waals surface area contributed by atoms with E-state index in [0.717, 1.165) is 21.6 Å². The molecule has 6 rings (SSSR count). The van der Waals surface area contributed by atoms with Crippen LogP contribution in [0.4, 0.5) is 5.13 Å². The molecule has 1 fully saturated rings. The normalized spacial score (nSPS) is 17.6. The molecular weight excluding hydrogens is 650 g/mol. The summed E-state index contributed by atoms with van der Waals surface area (Å²) in [4.78, 5) is 49.0. The third-order valence-corrected chi connectivity index (χ3v) is 9.87. The maximum absolute atomic E-state index is 13.5. The van der Waals surface area contributed by atoms with Crippen molar-refractivity contribution in [3.05, 3.63) is 130 Å². The van der Waals surface area contributed by atoms with Gasteiger partial charge in [0.1, 0.15) is 29.8 Å². The molecule has 2 aliphatic rings. The number of oxime groups is 1. The summed E-state index contributed by atoms with van der Waals surface area (Å²) in [7, 11) is 1.30. The van der Waals surface area contributed by atoms with Crippen molar-refractivity contribution < 1.29 is 59.0 Å². The number of fused-ring (bicyclic) bond motifs is 1. The summed E-state index contributed by atoms with van der Waals surface area (Å²) in [5.41, 5.74) is 1.95. The van der Waals surface area contributed by atoms with E-state index in [1.54, 1.807) is 5.38 Å². The molecule has 2 amide bonds.